The monoisotopic (exact) mass is 481 g/mol. The molecule has 3 rings (SSSR count). The van der Waals surface area contributed by atoms with E-state index in [1.807, 2.05) is 5.48 Å². The molecule has 0 bridgehead atoms. The third-order valence-electron chi connectivity index (χ3n) is 5.36. The molecule has 1 atom stereocenters. The van der Waals surface area contributed by atoms with Crippen molar-refractivity contribution in [2.75, 3.05) is 19.3 Å². The molecule has 1 saturated heterocycles. The van der Waals surface area contributed by atoms with Gasteiger partial charge in [-0.3, -0.25) is 9.69 Å². The van der Waals surface area contributed by atoms with Gasteiger partial charge in [-0.15, -0.1) is 0 Å². The molecule has 0 unspecified atom stereocenters. The van der Waals surface area contributed by atoms with Gasteiger partial charge in [0, 0.05) is 18.6 Å². The summed E-state index contributed by atoms with van der Waals surface area (Å²) in [5.74, 6) is -0.0161. The Kier molecular flexibility index (Phi) is 6.80. The predicted octanol–water partition coefficient (Wildman–Crippen LogP) is 2.93. The van der Waals surface area contributed by atoms with Gasteiger partial charge in [-0.2, -0.15) is 5.48 Å². The Labute approximate surface area is 191 Å². The minimum atomic E-state index is -3.84. The number of carbonyl (C=O) groups excluding carboxylic acids is 2. The van der Waals surface area contributed by atoms with Crippen LogP contribution < -0.4 is 10.2 Å². The van der Waals surface area contributed by atoms with Crippen LogP contribution in [-0.2, 0) is 14.6 Å². The number of rotatable bonds is 8. The largest absolute Gasteiger partial charge is 0.457 e. The highest BCUT2D eigenvalue weighted by atomic mass is 35.5. The number of benzene rings is 2. The molecular weight excluding hydrogens is 458 g/mol. The van der Waals surface area contributed by atoms with Crippen molar-refractivity contribution in [1.82, 2.24) is 15.3 Å². The molecule has 1 aliphatic rings. The van der Waals surface area contributed by atoms with Crippen molar-refractivity contribution < 1.29 is 28.0 Å². The molecule has 0 aliphatic carbocycles. The zero-order valence-electron chi connectivity index (χ0n) is 17.8. The van der Waals surface area contributed by atoms with Gasteiger partial charge in [0.2, 0.25) is 0 Å². The van der Waals surface area contributed by atoms with Crippen LogP contribution >= 0.6 is 11.6 Å². The number of carbonyl (C=O) groups is 2. The number of hydrogen-bond donors (Lipinski definition) is 2. The van der Waals surface area contributed by atoms with Crippen molar-refractivity contribution in [2.45, 2.75) is 30.3 Å². The quantitative estimate of drug-likeness (QED) is 0.439. The summed E-state index contributed by atoms with van der Waals surface area (Å²) in [5, 5.41) is 10.1. The highest BCUT2D eigenvalue weighted by molar-refractivity contribution is 7.91. The van der Waals surface area contributed by atoms with Crippen LogP contribution in [0.2, 0.25) is 5.02 Å². The highest BCUT2D eigenvalue weighted by Crippen LogP contribution is 2.27. The molecule has 0 aromatic heterocycles. The van der Waals surface area contributed by atoms with E-state index >= 15 is 0 Å². The zero-order chi connectivity index (χ0) is 23.7. The maximum atomic E-state index is 12.8. The average Bonchev–Trinajstić information content (AvgIpc) is 2.90. The summed E-state index contributed by atoms with van der Waals surface area (Å²) in [5.41, 5.74) is 0.862. The minimum absolute atomic E-state index is 0.0118. The molecule has 2 aromatic rings. The second-order valence-electron chi connectivity index (χ2n) is 7.95. The van der Waals surface area contributed by atoms with Gasteiger partial charge in [-0.25, -0.2) is 13.2 Å². The summed E-state index contributed by atoms with van der Waals surface area (Å²) in [6.45, 7) is 2.90. The first-order valence-corrected chi connectivity index (χ1v) is 11.7. The van der Waals surface area contributed by atoms with Gasteiger partial charge in [0.1, 0.15) is 17.0 Å². The number of halogens is 1. The highest BCUT2D eigenvalue weighted by Gasteiger charge is 2.49. The van der Waals surface area contributed by atoms with Crippen molar-refractivity contribution in [1.29, 1.82) is 0 Å². The number of imide groups is 1. The second-order valence-corrected chi connectivity index (χ2v) is 10.4. The molecule has 1 fully saturated rings. The molecule has 2 N–H and O–H groups in total. The van der Waals surface area contributed by atoms with Crippen molar-refractivity contribution in [2.24, 2.45) is 0 Å². The molecule has 2 aromatic carbocycles. The van der Waals surface area contributed by atoms with Crippen LogP contribution in [0.3, 0.4) is 0 Å². The lowest BCUT2D eigenvalue weighted by molar-refractivity contribution is -0.132. The fourth-order valence-corrected chi connectivity index (χ4v) is 4.79. The molecular formula is C21H24ClN3O6S. The first-order chi connectivity index (χ1) is 15.0. The molecule has 0 spiro atoms. The zero-order valence-corrected chi connectivity index (χ0v) is 19.4. The molecule has 1 aliphatic heterocycles. The normalized spacial score (nSPS) is 17.0. The Bertz CT molecular complexity index is 1100. The molecule has 172 valence electrons. The molecule has 9 nitrogen and oxygen atoms in total. The Morgan fingerprint density at radius 2 is 1.59 bits per heavy atom. The maximum absolute atomic E-state index is 12.8. The first kappa shape index (κ1) is 24.0. The lowest BCUT2D eigenvalue weighted by Crippen LogP contribution is -2.47. The number of nitrogens with zero attached hydrogens (tertiary/aromatic N) is 2. The number of hydroxylamine groups is 1. The van der Waals surface area contributed by atoms with Crippen LogP contribution in [0.1, 0.15) is 13.8 Å². The number of likely N-dealkylation sites (N-methyl/N-ethyl adjacent to an activating group) is 1. The Morgan fingerprint density at radius 1 is 1.06 bits per heavy atom. The summed E-state index contributed by atoms with van der Waals surface area (Å²) in [6.07, 6.45) is 0. The van der Waals surface area contributed by atoms with Crippen molar-refractivity contribution >= 4 is 33.4 Å². The van der Waals surface area contributed by atoms with E-state index in [1.54, 1.807) is 38.1 Å². The summed E-state index contributed by atoms with van der Waals surface area (Å²) >= 11 is 5.84. The van der Waals surface area contributed by atoms with E-state index in [-0.39, 0.29) is 11.4 Å². The third-order valence-corrected chi connectivity index (χ3v) is 7.45. The summed E-state index contributed by atoms with van der Waals surface area (Å²) < 4.78 is 31.3. The number of amides is 3. The van der Waals surface area contributed by atoms with Crippen molar-refractivity contribution in [3.05, 3.63) is 53.6 Å². The van der Waals surface area contributed by atoms with Gasteiger partial charge in [0.05, 0.1) is 16.7 Å². The van der Waals surface area contributed by atoms with E-state index in [2.05, 4.69) is 0 Å². The van der Waals surface area contributed by atoms with Crippen LogP contribution in [0.15, 0.2) is 53.4 Å². The van der Waals surface area contributed by atoms with E-state index in [0.29, 0.717) is 16.5 Å². The second kappa shape index (κ2) is 9.07. The van der Waals surface area contributed by atoms with Gasteiger partial charge in [-0.05, 0) is 62.4 Å². The van der Waals surface area contributed by atoms with Gasteiger partial charge in [-0.1, -0.05) is 11.6 Å². The number of hydrogen-bond acceptors (Lipinski definition) is 7. The molecule has 1 heterocycles. The fraction of sp³-hybridized carbons (Fsp3) is 0.333. The van der Waals surface area contributed by atoms with Gasteiger partial charge < -0.3 is 14.8 Å². The molecule has 0 saturated carbocycles. The Hall–Kier alpha value is -2.66. The van der Waals surface area contributed by atoms with Crippen LogP contribution in [-0.4, -0.2) is 66.3 Å². The molecule has 3 amide bonds. The van der Waals surface area contributed by atoms with Crippen molar-refractivity contribution in [3.8, 4) is 11.5 Å². The van der Waals surface area contributed by atoms with Gasteiger partial charge >= 0.3 is 6.03 Å². The van der Waals surface area contributed by atoms with E-state index in [0.717, 1.165) is 4.90 Å². The summed E-state index contributed by atoms with van der Waals surface area (Å²) in [4.78, 5) is 27.1. The SMILES string of the molecule is CN1C(=O)N(C[C@@H](CS(=O)(=O)c2ccc(Oc3ccc(Cl)cc3)cc2)NO)C(=O)C1(C)C. The molecule has 32 heavy (non-hydrogen) atoms. The van der Waals surface area contributed by atoms with Gasteiger partial charge in [0.15, 0.2) is 9.84 Å². The lowest BCUT2D eigenvalue weighted by Gasteiger charge is -2.22. The van der Waals surface area contributed by atoms with E-state index in [1.165, 1.54) is 36.2 Å². The van der Waals surface area contributed by atoms with E-state index in [9.17, 15) is 23.2 Å². The number of sulfone groups is 1. The van der Waals surface area contributed by atoms with E-state index < -0.39 is 39.1 Å². The topological polar surface area (TPSA) is 116 Å². The summed E-state index contributed by atoms with van der Waals surface area (Å²) in [7, 11) is -2.35. The van der Waals surface area contributed by atoms with Crippen LogP contribution in [0.5, 0.6) is 11.5 Å². The maximum Gasteiger partial charge on any atom is 0.327 e. The molecule has 11 heteroatoms. The Morgan fingerprint density at radius 3 is 2.06 bits per heavy atom. The van der Waals surface area contributed by atoms with Crippen LogP contribution in [0.4, 0.5) is 4.79 Å². The smallest absolute Gasteiger partial charge is 0.327 e. The average molecular weight is 482 g/mol. The standard InChI is InChI=1S/C21H24ClN3O6S/c1-21(2)19(26)25(20(27)24(21)3)12-15(23-28)13-32(29,30)18-10-8-17(9-11-18)31-16-6-4-14(22)5-7-16/h4-11,15,23,28H,12-13H2,1-3H3/t15-/m0/s1. The van der Waals surface area contributed by atoms with E-state index in [4.69, 9.17) is 16.3 Å². The van der Waals surface area contributed by atoms with Crippen molar-refractivity contribution in [3.63, 3.8) is 0 Å². The van der Waals surface area contributed by atoms with Gasteiger partial charge in [0.25, 0.3) is 5.91 Å². The lowest BCUT2D eigenvalue weighted by atomic mass is 10.1. The molecule has 0 radical (unpaired) electrons. The predicted molar refractivity (Wildman–Crippen MR) is 118 cm³/mol. The first-order valence-electron chi connectivity index (χ1n) is 9.71. The fourth-order valence-electron chi connectivity index (χ4n) is 3.21. The number of ether oxygens (including phenoxy) is 1. The minimum Gasteiger partial charge on any atom is -0.457 e. The van der Waals surface area contributed by atoms with Crippen LogP contribution in [0, 0.1) is 0 Å². The Balaban J connectivity index is 1.69. The third kappa shape index (κ3) is 4.88. The summed E-state index contributed by atoms with van der Waals surface area (Å²) in [6, 6.07) is 10.9. The van der Waals surface area contributed by atoms with Crippen LogP contribution in [0.25, 0.3) is 0 Å². The number of nitrogens with one attached hydrogen (secondary N) is 1. The number of urea groups is 1.